The lowest BCUT2D eigenvalue weighted by atomic mass is 9.95. The molecule has 1 aromatic heterocycles. The van der Waals surface area contributed by atoms with Crippen LogP contribution in [-0.2, 0) is 40.5 Å². The maximum Gasteiger partial charge on any atom is 0.271 e. The summed E-state index contributed by atoms with van der Waals surface area (Å²) < 4.78 is 18.2. The molecule has 0 fully saturated rings. The maximum absolute atomic E-state index is 12.2. The molecule has 0 bridgehead atoms. The second-order valence-corrected chi connectivity index (χ2v) is 11.0. The van der Waals surface area contributed by atoms with Crippen molar-refractivity contribution in [3.63, 3.8) is 0 Å². The molecule has 11 heteroatoms. The lowest BCUT2D eigenvalue weighted by Crippen LogP contribution is -2.52. The smallest absolute Gasteiger partial charge is 0.271 e. The number of benzene rings is 3. The zero-order valence-electron chi connectivity index (χ0n) is 24.9. The summed E-state index contributed by atoms with van der Waals surface area (Å²) >= 11 is 0. The quantitative estimate of drug-likeness (QED) is 0.140. The van der Waals surface area contributed by atoms with Crippen molar-refractivity contribution in [2.75, 3.05) is 0 Å². The van der Waals surface area contributed by atoms with Gasteiger partial charge in [-0.3, -0.25) is 9.59 Å². The lowest BCUT2D eigenvalue weighted by Gasteiger charge is -2.20. The van der Waals surface area contributed by atoms with Crippen molar-refractivity contribution < 1.29 is 33.2 Å². The first-order valence-corrected chi connectivity index (χ1v) is 14.4. The first-order valence-electron chi connectivity index (χ1n) is 14.4. The van der Waals surface area contributed by atoms with E-state index in [1.54, 1.807) is 0 Å². The van der Waals surface area contributed by atoms with Gasteiger partial charge in [0.2, 0.25) is 5.54 Å². The number of hydrogen-bond acceptors (Lipinski definition) is 9. The topological polar surface area (TPSA) is 169 Å². The van der Waals surface area contributed by atoms with Crippen LogP contribution in [0.5, 0.6) is 11.5 Å². The number of amides is 2. The van der Waals surface area contributed by atoms with Crippen LogP contribution in [0.4, 0.5) is 0 Å². The van der Waals surface area contributed by atoms with Gasteiger partial charge in [0.25, 0.3) is 11.8 Å². The van der Waals surface area contributed by atoms with Gasteiger partial charge in [-0.25, -0.2) is 0 Å². The number of nitrogens with zero attached hydrogens (tertiary/aromatic N) is 1. The van der Waals surface area contributed by atoms with Crippen LogP contribution < -0.4 is 26.4 Å². The van der Waals surface area contributed by atoms with E-state index in [9.17, 15) is 14.4 Å². The van der Waals surface area contributed by atoms with Crippen molar-refractivity contribution in [3.05, 3.63) is 118 Å². The number of primary amides is 2. The number of nitrogens with two attached hydrogens (primary N) is 2. The lowest BCUT2D eigenvalue weighted by molar-refractivity contribution is -0.130. The first-order chi connectivity index (χ1) is 21.7. The zero-order chi connectivity index (χ0) is 32.0. The molecule has 2 amide bonds. The summed E-state index contributed by atoms with van der Waals surface area (Å²) in [5.74, 6) is -0.165. The molecule has 2 heterocycles. The number of aromatic nitrogens is 1. The number of rotatable bonds is 14. The van der Waals surface area contributed by atoms with Gasteiger partial charge in [0.05, 0.1) is 5.56 Å². The molecule has 11 nitrogen and oxygen atoms in total. The molecule has 0 aliphatic carbocycles. The molecule has 232 valence electrons. The highest BCUT2D eigenvalue weighted by atomic mass is 16.7. The van der Waals surface area contributed by atoms with Crippen molar-refractivity contribution in [1.82, 2.24) is 10.6 Å². The van der Waals surface area contributed by atoms with Gasteiger partial charge in [-0.1, -0.05) is 79.7 Å². The van der Waals surface area contributed by atoms with Crippen LogP contribution in [0.1, 0.15) is 63.8 Å². The zero-order valence-corrected chi connectivity index (χ0v) is 24.9. The van der Waals surface area contributed by atoms with E-state index in [1.807, 2.05) is 72.8 Å². The van der Waals surface area contributed by atoms with Crippen molar-refractivity contribution in [1.29, 1.82) is 0 Å². The summed E-state index contributed by atoms with van der Waals surface area (Å²) in [4.78, 5) is 41.3. The average molecular weight is 611 g/mol. The summed E-state index contributed by atoms with van der Waals surface area (Å²) in [6.45, 7) is 4.90. The highest BCUT2D eigenvalue weighted by molar-refractivity contribution is 6.06. The van der Waals surface area contributed by atoms with Crippen LogP contribution in [0.3, 0.4) is 0 Å². The molecule has 0 spiro atoms. The molecule has 1 aliphatic rings. The average Bonchev–Trinajstić information content (AvgIpc) is 3.68. The molecule has 1 atom stereocenters. The third-order valence-electron chi connectivity index (χ3n) is 7.44. The monoisotopic (exact) mass is 610 g/mol. The number of hydroxylamine groups is 1. The molecular formula is C34H34N4O7. The molecule has 1 aliphatic heterocycles. The molecule has 0 saturated carbocycles. The largest absolute Gasteiger partial charge is 0.488 e. The second kappa shape index (κ2) is 13.5. The fraction of sp³-hybridized carbons (Fsp3) is 0.235. The number of carbonyl (C=O) groups is 3. The molecule has 0 radical (unpaired) electrons. The number of carbonyl (C=O) groups excluding carboxylic acids is 3. The minimum atomic E-state index is -1.92. The molecule has 1 unspecified atom stereocenters. The van der Waals surface area contributed by atoms with Crippen molar-refractivity contribution >= 4 is 23.9 Å². The minimum Gasteiger partial charge on any atom is -0.488 e. The maximum atomic E-state index is 12.2. The van der Waals surface area contributed by atoms with E-state index >= 15 is 0 Å². The number of ether oxygens (including phenoxy) is 2. The molecule has 45 heavy (non-hydrogen) atoms. The molecule has 0 saturated heterocycles. The Bertz CT molecular complexity index is 1720. The van der Waals surface area contributed by atoms with Crippen molar-refractivity contribution in [2.24, 2.45) is 11.5 Å². The SMILES string of the molecule is CC(C)c1cc(CCc2onc(C(N)=O)c2C2=CC(C=O)(C(N)=O)NO2)c(OCc2ccccc2)cc1OCc1ccccc1. The summed E-state index contributed by atoms with van der Waals surface area (Å²) in [6, 6.07) is 23.7. The number of hydrogen-bond donors (Lipinski definition) is 3. The van der Waals surface area contributed by atoms with Crippen LogP contribution >= 0.6 is 0 Å². The Kier molecular flexibility index (Phi) is 9.29. The second-order valence-electron chi connectivity index (χ2n) is 11.0. The van der Waals surface area contributed by atoms with E-state index < -0.39 is 17.4 Å². The third-order valence-corrected chi connectivity index (χ3v) is 7.44. The van der Waals surface area contributed by atoms with Crippen LogP contribution in [-0.4, -0.2) is 28.8 Å². The Morgan fingerprint density at radius 2 is 1.56 bits per heavy atom. The third kappa shape index (κ3) is 6.89. The molecule has 5 rings (SSSR count). The van der Waals surface area contributed by atoms with E-state index in [-0.39, 0.29) is 35.1 Å². The van der Waals surface area contributed by atoms with Gasteiger partial charge in [-0.15, -0.1) is 5.48 Å². The predicted octanol–water partition coefficient (Wildman–Crippen LogP) is 4.14. The van der Waals surface area contributed by atoms with Gasteiger partial charge in [0.1, 0.15) is 30.5 Å². The van der Waals surface area contributed by atoms with Gasteiger partial charge in [-0.2, -0.15) is 0 Å². The van der Waals surface area contributed by atoms with Crippen LogP contribution in [0.15, 0.2) is 83.4 Å². The Labute approximate surface area is 260 Å². The Hall–Kier alpha value is -5.42. The van der Waals surface area contributed by atoms with Gasteiger partial charge < -0.3 is 35.1 Å². The normalized spacial score (nSPS) is 15.8. The van der Waals surface area contributed by atoms with E-state index in [0.717, 1.165) is 22.3 Å². The number of aryl methyl sites for hydroxylation is 2. The van der Waals surface area contributed by atoms with Gasteiger partial charge in [-0.05, 0) is 40.7 Å². The highest BCUT2D eigenvalue weighted by Gasteiger charge is 2.43. The fourth-order valence-corrected chi connectivity index (χ4v) is 4.93. The van der Waals surface area contributed by atoms with E-state index in [4.69, 9.17) is 30.3 Å². The van der Waals surface area contributed by atoms with Gasteiger partial charge in [0, 0.05) is 18.6 Å². The highest BCUT2D eigenvalue weighted by Crippen LogP contribution is 2.37. The van der Waals surface area contributed by atoms with Crippen LogP contribution in [0.2, 0.25) is 0 Å². The van der Waals surface area contributed by atoms with Crippen molar-refractivity contribution in [2.45, 2.75) is 51.4 Å². The summed E-state index contributed by atoms with van der Waals surface area (Å²) in [5.41, 5.74) is 15.2. The Morgan fingerprint density at radius 1 is 0.933 bits per heavy atom. The molecule has 5 N–H and O–H groups in total. The Balaban J connectivity index is 1.48. The summed E-state index contributed by atoms with van der Waals surface area (Å²) in [7, 11) is 0. The Morgan fingerprint density at radius 3 is 2.09 bits per heavy atom. The standard InChI is InChI=1S/C34H34N4O7/c1-21(2)25-15-24(13-14-26-30(31(32(35)40)37-44-26)29-17-34(20-39,33(36)41)38-45-29)27(42-18-22-9-5-3-6-10-22)16-28(25)43-19-23-11-7-4-8-12-23/h3-12,15-17,20-21,38H,13-14,18-19H2,1-2H3,(H2,35,40)(H2,36,41). The molecular weight excluding hydrogens is 576 g/mol. The van der Waals surface area contributed by atoms with Crippen LogP contribution in [0.25, 0.3) is 5.76 Å². The number of nitrogens with one attached hydrogen (secondary N) is 1. The fourth-order valence-electron chi connectivity index (χ4n) is 4.93. The van der Waals surface area contributed by atoms with E-state index in [1.165, 1.54) is 6.08 Å². The van der Waals surface area contributed by atoms with Gasteiger partial charge >= 0.3 is 0 Å². The van der Waals surface area contributed by atoms with Gasteiger partial charge in [0.15, 0.2) is 17.7 Å². The summed E-state index contributed by atoms with van der Waals surface area (Å²) in [6.07, 6.45) is 2.13. The summed E-state index contributed by atoms with van der Waals surface area (Å²) in [5, 5.41) is 3.85. The molecule has 3 aromatic carbocycles. The van der Waals surface area contributed by atoms with Crippen LogP contribution in [0, 0.1) is 0 Å². The van der Waals surface area contributed by atoms with E-state index in [2.05, 4.69) is 24.5 Å². The minimum absolute atomic E-state index is 0.0287. The molecule has 4 aromatic rings. The first kappa shape index (κ1) is 31.0. The number of aldehydes is 1. The van der Waals surface area contributed by atoms with Crippen molar-refractivity contribution in [3.8, 4) is 11.5 Å². The van der Waals surface area contributed by atoms with E-state index in [0.29, 0.717) is 37.4 Å². The predicted molar refractivity (Wildman–Crippen MR) is 165 cm³/mol.